The van der Waals surface area contributed by atoms with Crippen molar-refractivity contribution in [2.75, 3.05) is 6.61 Å². The molecule has 0 fully saturated rings. The minimum atomic E-state index is -1.05. The lowest BCUT2D eigenvalue weighted by atomic mass is 10.0. The van der Waals surface area contributed by atoms with Crippen LogP contribution in [-0.2, 0) is 16.0 Å². The number of cyclic esters (lactones) is 1. The lowest BCUT2D eigenvalue weighted by Gasteiger charge is -2.12. The van der Waals surface area contributed by atoms with Crippen LogP contribution < -0.4 is 4.74 Å². The van der Waals surface area contributed by atoms with E-state index in [-0.39, 0.29) is 0 Å². The first kappa shape index (κ1) is 18.2. The van der Waals surface area contributed by atoms with Crippen molar-refractivity contribution < 1.29 is 19.4 Å². The molecule has 2 aromatic carbocycles. The summed E-state index contributed by atoms with van der Waals surface area (Å²) in [6.45, 7) is 0.656. The van der Waals surface area contributed by atoms with Gasteiger partial charge in [-0.1, -0.05) is 48.5 Å². The van der Waals surface area contributed by atoms with E-state index in [2.05, 4.69) is 22.9 Å². The van der Waals surface area contributed by atoms with Gasteiger partial charge in [0.1, 0.15) is 5.75 Å². The van der Waals surface area contributed by atoms with Gasteiger partial charge in [-0.3, -0.25) is 0 Å². The molecule has 1 unspecified atom stereocenters. The Kier molecular flexibility index (Phi) is 6.45. The SMILES string of the molecule is O=C1C=C(CCCCCOc2ccccc2Cc2ccccc2)C(O)O1. The Morgan fingerprint density at radius 2 is 1.73 bits per heavy atom. The van der Waals surface area contributed by atoms with Gasteiger partial charge < -0.3 is 14.6 Å². The summed E-state index contributed by atoms with van der Waals surface area (Å²) in [6.07, 6.45) is 4.67. The van der Waals surface area contributed by atoms with Crippen LogP contribution in [0, 0.1) is 0 Å². The van der Waals surface area contributed by atoms with Crippen molar-refractivity contribution in [2.45, 2.75) is 38.4 Å². The van der Waals surface area contributed by atoms with E-state index in [0.29, 0.717) is 18.6 Å². The molecule has 1 N–H and O–H groups in total. The number of benzene rings is 2. The maximum absolute atomic E-state index is 11.0. The largest absolute Gasteiger partial charge is 0.493 e. The Labute approximate surface area is 154 Å². The summed E-state index contributed by atoms with van der Waals surface area (Å²) in [5.74, 6) is 0.482. The molecule has 0 aliphatic carbocycles. The van der Waals surface area contributed by atoms with Crippen molar-refractivity contribution in [3.63, 3.8) is 0 Å². The van der Waals surface area contributed by atoms with Crippen molar-refractivity contribution in [3.8, 4) is 5.75 Å². The van der Waals surface area contributed by atoms with Gasteiger partial charge in [-0.05, 0) is 42.9 Å². The van der Waals surface area contributed by atoms with E-state index in [1.165, 1.54) is 17.2 Å². The van der Waals surface area contributed by atoms with E-state index in [9.17, 15) is 9.90 Å². The standard InChI is InChI=1S/C22H24O4/c23-21-16-19(22(24)26-21)12-5-2-8-14-25-20-13-7-6-11-18(20)15-17-9-3-1-4-10-17/h1,3-4,6-7,9-11,13,16,22,24H,2,5,8,12,14-15H2. The average molecular weight is 352 g/mol. The van der Waals surface area contributed by atoms with Gasteiger partial charge in [-0.15, -0.1) is 0 Å². The molecule has 26 heavy (non-hydrogen) atoms. The van der Waals surface area contributed by atoms with E-state index in [4.69, 9.17) is 4.74 Å². The first-order valence-electron chi connectivity index (χ1n) is 9.06. The Morgan fingerprint density at radius 1 is 0.962 bits per heavy atom. The zero-order valence-electron chi connectivity index (χ0n) is 14.8. The molecule has 4 nitrogen and oxygen atoms in total. The maximum atomic E-state index is 11.0. The van der Waals surface area contributed by atoms with Crippen LogP contribution in [0.3, 0.4) is 0 Å². The molecule has 0 spiro atoms. The van der Waals surface area contributed by atoms with Crippen LogP contribution in [-0.4, -0.2) is 24.0 Å². The number of aliphatic hydroxyl groups is 1. The molecule has 0 aromatic heterocycles. The van der Waals surface area contributed by atoms with Gasteiger partial charge in [0, 0.05) is 18.1 Å². The smallest absolute Gasteiger partial charge is 0.333 e. The molecule has 4 heteroatoms. The van der Waals surface area contributed by atoms with E-state index in [0.717, 1.165) is 31.4 Å². The third-order valence-electron chi connectivity index (χ3n) is 4.43. The summed E-state index contributed by atoms with van der Waals surface area (Å²) in [6, 6.07) is 18.5. The number of ether oxygens (including phenoxy) is 2. The molecular weight excluding hydrogens is 328 g/mol. The zero-order chi connectivity index (χ0) is 18.2. The summed E-state index contributed by atoms with van der Waals surface area (Å²) < 4.78 is 10.6. The fraction of sp³-hybridized carbons (Fsp3) is 0.318. The average Bonchev–Trinajstić information content (AvgIpc) is 2.97. The number of rotatable bonds is 9. The van der Waals surface area contributed by atoms with Crippen LogP contribution in [0.15, 0.2) is 66.2 Å². The molecule has 136 valence electrons. The highest BCUT2D eigenvalue weighted by Crippen LogP contribution is 2.22. The van der Waals surface area contributed by atoms with Gasteiger partial charge in [-0.25, -0.2) is 4.79 Å². The number of carbonyl (C=O) groups excluding carboxylic acids is 1. The van der Waals surface area contributed by atoms with Crippen molar-refractivity contribution in [3.05, 3.63) is 77.4 Å². The summed E-state index contributed by atoms with van der Waals surface area (Å²) >= 11 is 0. The highest BCUT2D eigenvalue weighted by Gasteiger charge is 2.22. The molecule has 0 amide bonds. The van der Waals surface area contributed by atoms with Crippen LogP contribution in [0.1, 0.15) is 36.8 Å². The van der Waals surface area contributed by atoms with Crippen molar-refractivity contribution in [2.24, 2.45) is 0 Å². The first-order chi connectivity index (χ1) is 12.7. The number of unbranched alkanes of at least 4 members (excludes halogenated alkanes) is 2. The Bertz CT molecular complexity index is 752. The van der Waals surface area contributed by atoms with Gasteiger partial charge in [0.25, 0.3) is 0 Å². The second-order valence-electron chi connectivity index (χ2n) is 6.44. The number of carbonyl (C=O) groups is 1. The molecule has 0 bridgehead atoms. The normalized spacial score (nSPS) is 16.3. The van der Waals surface area contributed by atoms with Crippen LogP contribution >= 0.6 is 0 Å². The van der Waals surface area contributed by atoms with Gasteiger partial charge in [-0.2, -0.15) is 0 Å². The molecule has 1 aliphatic heterocycles. The number of esters is 1. The molecular formula is C22H24O4. The number of hydrogen-bond acceptors (Lipinski definition) is 4. The van der Waals surface area contributed by atoms with E-state index < -0.39 is 12.3 Å². The summed E-state index contributed by atoms with van der Waals surface area (Å²) in [5.41, 5.74) is 3.13. The summed E-state index contributed by atoms with van der Waals surface area (Å²) in [5, 5.41) is 9.53. The minimum Gasteiger partial charge on any atom is -0.493 e. The quantitative estimate of drug-likeness (QED) is 0.547. The first-order valence-corrected chi connectivity index (χ1v) is 9.06. The van der Waals surface area contributed by atoms with Crippen LogP contribution in [0.2, 0.25) is 0 Å². The predicted molar refractivity (Wildman–Crippen MR) is 99.8 cm³/mol. The number of aliphatic hydroxyl groups excluding tert-OH is 1. The van der Waals surface area contributed by atoms with Crippen molar-refractivity contribution in [1.29, 1.82) is 0 Å². The number of para-hydroxylation sites is 1. The third kappa shape index (κ3) is 5.20. The van der Waals surface area contributed by atoms with Crippen molar-refractivity contribution in [1.82, 2.24) is 0 Å². The van der Waals surface area contributed by atoms with E-state index in [1.54, 1.807) is 0 Å². The topological polar surface area (TPSA) is 55.8 Å². The molecule has 1 aliphatic rings. The van der Waals surface area contributed by atoms with Crippen molar-refractivity contribution >= 4 is 5.97 Å². The maximum Gasteiger partial charge on any atom is 0.333 e. The predicted octanol–water partition coefficient (Wildman–Crippen LogP) is 4.02. The fourth-order valence-electron chi connectivity index (χ4n) is 3.03. The van der Waals surface area contributed by atoms with E-state index >= 15 is 0 Å². The highest BCUT2D eigenvalue weighted by molar-refractivity contribution is 5.85. The molecule has 1 heterocycles. The highest BCUT2D eigenvalue weighted by atomic mass is 16.6. The number of hydrogen-bond donors (Lipinski definition) is 1. The van der Waals surface area contributed by atoms with Gasteiger partial charge in [0.2, 0.25) is 6.29 Å². The zero-order valence-corrected chi connectivity index (χ0v) is 14.8. The Balaban J connectivity index is 1.41. The monoisotopic (exact) mass is 352 g/mol. The lowest BCUT2D eigenvalue weighted by molar-refractivity contribution is -0.151. The molecule has 0 radical (unpaired) electrons. The Hall–Kier alpha value is -2.59. The van der Waals surface area contributed by atoms with Gasteiger partial charge >= 0.3 is 5.97 Å². The molecule has 2 aromatic rings. The van der Waals surface area contributed by atoms with Crippen LogP contribution in [0.25, 0.3) is 0 Å². The summed E-state index contributed by atoms with van der Waals surface area (Å²) in [7, 11) is 0. The molecule has 0 saturated carbocycles. The Morgan fingerprint density at radius 3 is 2.50 bits per heavy atom. The van der Waals surface area contributed by atoms with Crippen LogP contribution in [0.4, 0.5) is 0 Å². The minimum absolute atomic E-state index is 0.453. The third-order valence-corrected chi connectivity index (χ3v) is 4.43. The van der Waals surface area contributed by atoms with Crippen LogP contribution in [0.5, 0.6) is 5.75 Å². The lowest BCUT2D eigenvalue weighted by Crippen LogP contribution is -2.10. The summed E-state index contributed by atoms with van der Waals surface area (Å²) in [4.78, 5) is 11.0. The second kappa shape index (κ2) is 9.20. The van der Waals surface area contributed by atoms with E-state index in [1.807, 2.05) is 36.4 Å². The molecule has 0 saturated heterocycles. The molecule has 1 atom stereocenters. The fourth-order valence-corrected chi connectivity index (χ4v) is 3.03. The van der Waals surface area contributed by atoms with Gasteiger partial charge in [0.05, 0.1) is 6.61 Å². The molecule has 3 rings (SSSR count). The second-order valence-corrected chi connectivity index (χ2v) is 6.44. The van der Waals surface area contributed by atoms with Gasteiger partial charge in [0.15, 0.2) is 0 Å².